The summed E-state index contributed by atoms with van der Waals surface area (Å²) in [6, 6.07) is 0. The molecule has 0 spiro atoms. The van der Waals surface area contributed by atoms with E-state index < -0.39 is 0 Å². The molecule has 1 aromatic rings. The Labute approximate surface area is 138 Å². The second-order valence-electron chi connectivity index (χ2n) is 8.07. The van der Waals surface area contributed by atoms with Crippen molar-refractivity contribution in [3.8, 4) is 0 Å². The summed E-state index contributed by atoms with van der Waals surface area (Å²) in [7, 11) is 0. The van der Waals surface area contributed by atoms with Crippen LogP contribution < -0.4 is 0 Å². The van der Waals surface area contributed by atoms with E-state index in [0.29, 0.717) is 17.8 Å². The van der Waals surface area contributed by atoms with E-state index in [0.717, 1.165) is 6.42 Å². The van der Waals surface area contributed by atoms with Crippen LogP contribution in [0, 0.1) is 5.92 Å². The van der Waals surface area contributed by atoms with Gasteiger partial charge in [0.2, 0.25) is 0 Å². The number of nitrogens with one attached hydrogen (secondary N) is 1. The van der Waals surface area contributed by atoms with Gasteiger partial charge in [0.1, 0.15) is 5.82 Å². The van der Waals surface area contributed by atoms with Crippen LogP contribution in [0.3, 0.4) is 0 Å². The van der Waals surface area contributed by atoms with Gasteiger partial charge in [0, 0.05) is 17.0 Å². The minimum atomic E-state index is 0.145. The largest absolute Gasteiger partial charge is 0.345 e. The quantitative estimate of drug-likeness (QED) is 0.515. The third-order valence-corrected chi connectivity index (χ3v) is 5.34. The predicted molar refractivity (Wildman–Crippen MR) is 97.7 cm³/mol. The number of H-pyrrole nitrogens is 1. The summed E-state index contributed by atoms with van der Waals surface area (Å²) < 4.78 is 0. The second-order valence-corrected chi connectivity index (χ2v) is 8.07. The summed E-state index contributed by atoms with van der Waals surface area (Å²) >= 11 is 0. The molecular weight excluding hydrogens is 268 g/mol. The molecule has 0 fully saturated rings. The van der Waals surface area contributed by atoms with Crippen LogP contribution in [0.4, 0.5) is 0 Å². The van der Waals surface area contributed by atoms with E-state index in [9.17, 15) is 0 Å². The first-order valence-corrected chi connectivity index (χ1v) is 9.34. The normalized spacial score (nSPS) is 15.3. The lowest BCUT2D eigenvalue weighted by atomic mass is 9.86. The standard InChI is InChI=1S/C20H38N2/c1-9-11-12-13-20(7,8)19-21-17(15(5)10-2)18(22-19)16(6)14(3)4/h14-16H,9-13H2,1-8H3,(H,21,22). The van der Waals surface area contributed by atoms with Crippen molar-refractivity contribution in [2.75, 3.05) is 0 Å². The van der Waals surface area contributed by atoms with Gasteiger partial charge >= 0.3 is 0 Å². The summed E-state index contributed by atoms with van der Waals surface area (Å²) in [6.45, 7) is 18.4. The first-order valence-electron chi connectivity index (χ1n) is 9.34. The van der Waals surface area contributed by atoms with Crippen LogP contribution >= 0.6 is 0 Å². The van der Waals surface area contributed by atoms with Crippen LogP contribution in [0.2, 0.25) is 0 Å². The monoisotopic (exact) mass is 306 g/mol. The molecule has 2 atom stereocenters. The van der Waals surface area contributed by atoms with Crippen molar-refractivity contribution in [1.82, 2.24) is 9.97 Å². The number of hydrogen-bond donors (Lipinski definition) is 1. The van der Waals surface area contributed by atoms with Gasteiger partial charge in [-0.05, 0) is 24.7 Å². The summed E-state index contributed by atoms with van der Waals surface area (Å²) in [6.07, 6.45) is 6.26. The highest BCUT2D eigenvalue weighted by molar-refractivity contribution is 5.25. The molecule has 0 saturated heterocycles. The molecule has 2 unspecified atom stereocenters. The van der Waals surface area contributed by atoms with Gasteiger partial charge in [-0.15, -0.1) is 0 Å². The van der Waals surface area contributed by atoms with Gasteiger partial charge in [-0.25, -0.2) is 4.98 Å². The topological polar surface area (TPSA) is 28.7 Å². The Kier molecular flexibility index (Phi) is 7.15. The Balaban J connectivity index is 3.11. The highest BCUT2D eigenvalue weighted by Gasteiger charge is 2.28. The SMILES string of the molecule is CCCCCC(C)(C)c1nc(C(C)C(C)C)c(C(C)CC)[nH]1. The molecule has 0 saturated carbocycles. The molecule has 2 heteroatoms. The third kappa shape index (κ3) is 4.60. The minimum absolute atomic E-state index is 0.145. The zero-order chi connectivity index (χ0) is 16.9. The van der Waals surface area contributed by atoms with E-state index in [1.54, 1.807) is 0 Å². The molecular formula is C20H38N2. The fourth-order valence-corrected chi connectivity index (χ4v) is 2.90. The fourth-order valence-electron chi connectivity index (χ4n) is 2.90. The van der Waals surface area contributed by atoms with Crippen LogP contribution in [0.5, 0.6) is 0 Å². The number of imidazole rings is 1. The molecule has 0 aliphatic heterocycles. The second kappa shape index (κ2) is 8.17. The van der Waals surface area contributed by atoms with Crippen molar-refractivity contribution in [3.63, 3.8) is 0 Å². The number of unbranched alkanes of at least 4 members (excludes halogenated alkanes) is 2. The first-order chi connectivity index (χ1) is 10.2. The van der Waals surface area contributed by atoms with Crippen molar-refractivity contribution in [2.24, 2.45) is 5.92 Å². The van der Waals surface area contributed by atoms with Gasteiger partial charge in [-0.3, -0.25) is 0 Å². The number of aromatic nitrogens is 2. The third-order valence-electron chi connectivity index (χ3n) is 5.34. The molecule has 0 amide bonds. The summed E-state index contributed by atoms with van der Waals surface area (Å²) in [4.78, 5) is 8.82. The average molecular weight is 307 g/mol. The Morgan fingerprint density at radius 3 is 2.18 bits per heavy atom. The maximum Gasteiger partial charge on any atom is 0.112 e. The average Bonchev–Trinajstić information content (AvgIpc) is 2.91. The van der Waals surface area contributed by atoms with E-state index in [-0.39, 0.29) is 5.41 Å². The van der Waals surface area contributed by atoms with Crippen molar-refractivity contribution < 1.29 is 0 Å². The molecule has 0 bridgehead atoms. The highest BCUT2D eigenvalue weighted by Crippen LogP contribution is 2.35. The number of aromatic amines is 1. The van der Waals surface area contributed by atoms with Gasteiger partial charge in [0.15, 0.2) is 0 Å². The maximum absolute atomic E-state index is 5.10. The molecule has 1 rings (SSSR count). The van der Waals surface area contributed by atoms with Crippen molar-refractivity contribution >= 4 is 0 Å². The van der Waals surface area contributed by atoms with Gasteiger partial charge in [-0.1, -0.05) is 74.7 Å². The van der Waals surface area contributed by atoms with E-state index >= 15 is 0 Å². The van der Waals surface area contributed by atoms with Crippen LogP contribution in [0.15, 0.2) is 0 Å². The zero-order valence-electron chi connectivity index (χ0n) is 16.2. The lowest BCUT2D eigenvalue weighted by molar-refractivity contribution is 0.426. The fraction of sp³-hybridized carbons (Fsp3) is 0.850. The lowest BCUT2D eigenvalue weighted by Gasteiger charge is -2.22. The molecule has 0 radical (unpaired) electrons. The van der Waals surface area contributed by atoms with Gasteiger partial charge in [-0.2, -0.15) is 0 Å². The van der Waals surface area contributed by atoms with E-state index in [1.807, 2.05) is 0 Å². The molecule has 0 aliphatic rings. The van der Waals surface area contributed by atoms with Crippen molar-refractivity contribution in [1.29, 1.82) is 0 Å². The van der Waals surface area contributed by atoms with Crippen LogP contribution in [-0.2, 0) is 5.41 Å². The van der Waals surface area contributed by atoms with Gasteiger partial charge < -0.3 is 4.98 Å². The van der Waals surface area contributed by atoms with E-state index in [2.05, 4.69) is 60.4 Å². The molecule has 2 nitrogen and oxygen atoms in total. The van der Waals surface area contributed by atoms with Crippen molar-refractivity contribution in [3.05, 3.63) is 17.2 Å². The van der Waals surface area contributed by atoms with Crippen molar-refractivity contribution in [2.45, 2.75) is 105 Å². The molecule has 0 aromatic carbocycles. The lowest BCUT2D eigenvalue weighted by Crippen LogP contribution is -2.19. The number of hydrogen-bond acceptors (Lipinski definition) is 1. The molecule has 128 valence electrons. The summed E-state index contributed by atoms with van der Waals surface area (Å²) in [5.41, 5.74) is 2.83. The Morgan fingerprint density at radius 1 is 1.05 bits per heavy atom. The van der Waals surface area contributed by atoms with E-state index in [4.69, 9.17) is 4.98 Å². The van der Waals surface area contributed by atoms with E-state index in [1.165, 1.54) is 42.9 Å². The smallest absolute Gasteiger partial charge is 0.112 e. The van der Waals surface area contributed by atoms with Gasteiger partial charge in [0.05, 0.1) is 5.69 Å². The minimum Gasteiger partial charge on any atom is -0.345 e. The summed E-state index contributed by atoms with van der Waals surface area (Å²) in [5, 5.41) is 0. The van der Waals surface area contributed by atoms with Gasteiger partial charge in [0.25, 0.3) is 0 Å². The zero-order valence-corrected chi connectivity index (χ0v) is 16.2. The van der Waals surface area contributed by atoms with Crippen LogP contribution in [0.1, 0.15) is 117 Å². The number of nitrogens with zero attached hydrogens (tertiary/aromatic N) is 1. The summed E-state index contributed by atoms with van der Waals surface area (Å²) in [5.74, 6) is 2.90. The molecule has 1 aromatic heterocycles. The molecule has 0 aliphatic carbocycles. The molecule has 1 N–H and O–H groups in total. The van der Waals surface area contributed by atoms with Crippen LogP contribution in [-0.4, -0.2) is 9.97 Å². The first kappa shape index (κ1) is 19.3. The molecule has 1 heterocycles. The van der Waals surface area contributed by atoms with Crippen LogP contribution in [0.25, 0.3) is 0 Å². The maximum atomic E-state index is 5.10. The Bertz CT molecular complexity index is 443. The Hall–Kier alpha value is -0.790. The highest BCUT2D eigenvalue weighted by atomic mass is 15.0. The number of rotatable bonds is 9. The predicted octanol–water partition coefficient (Wildman–Crippen LogP) is 6.54. The Morgan fingerprint density at radius 2 is 1.68 bits per heavy atom. The molecule has 22 heavy (non-hydrogen) atoms.